The Labute approximate surface area is 125 Å². The smallest absolute Gasteiger partial charge is 0.0587 e. The molecule has 0 atom stereocenters. The maximum absolute atomic E-state index is 5.04. The summed E-state index contributed by atoms with van der Waals surface area (Å²) in [5, 5.41) is 3.41. The first-order valence-corrected chi connectivity index (χ1v) is 7.50. The summed E-state index contributed by atoms with van der Waals surface area (Å²) in [6.07, 6.45) is 2.27. The molecular formula is C16H24BrNO. The average Bonchev–Trinajstić information content (AvgIpc) is 2.37. The molecule has 19 heavy (non-hydrogen) atoms. The van der Waals surface area contributed by atoms with Gasteiger partial charge >= 0.3 is 0 Å². The van der Waals surface area contributed by atoms with Crippen LogP contribution in [-0.2, 0) is 4.74 Å². The van der Waals surface area contributed by atoms with Crippen molar-refractivity contribution in [3.8, 4) is 0 Å². The Morgan fingerprint density at radius 2 is 2.16 bits per heavy atom. The summed E-state index contributed by atoms with van der Waals surface area (Å²) in [6, 6.07) is 6.48. The second-order valence-corrected chi connectivity index (χ2v) is 5.91. The first-order chi connectivity index (χ1) is 9.04. The van der Waals surface area contributed by atoms with Crippen molar-refractivity contribution in [3.05, 3.63) is 39.4 Å². The fourth-order valence-corrected chi connectivity index (χ4v) is 2.14. The van der Waals surface area contributed by atoms with E-state index >= 15 is 0 Å². The molecule has 1 N–H and O–H groups in total. The number of methoxy groups -OCH3 is 1. The van der Waals surface area contributed by atoms with E-state index in [4.69, 9.17) is 4.74 Å². The van der Waals surface area contributed by atoms with Crippen molar-refractivity contribution in [2.45, 2.75) is 20.8 Å². The SMILES string of the molecule is COCCNC/C(=C/c1ccc(C)c(Br)c1)C(C)C. The van der Waals surface area contributed by atoms with Crippen molar-refractivity contribution in [2.75, 3.05) is 26.8 Å². The number of nitrogens with one attached hydrogen (secondary N) is 1. The van der Waals surface area contributed by atoms with Crippen molar-refractivity contribution in [1.29, 1.82) is 0 Å². The van der Waals surface area contributed by atoms with Crippen molar-refractivity contribution in [3.63, 3.8) is 0 Å². The fraction of sp³-hybridized carbons (Fsp3) is 0.500. The van der Waals surface area contributed by atoms with Crippen molar-refractivity contribution in [1.82, 2.24) is 5.32 Å². The van der Waals surface area contributed by atoms with E-state index in [0.29, 0.717) is 5.92 Å². The van der Waals surface area contributed by atoms with Gasteiger partial charge in [-0.2, -0.15) is 0 Å². The maximum Gasteiger partial charge on any atom is 0.0587 e. The number of hydrogen-bond acceptors (Lipinski definition) is 2. The van der Waals surface area contributed by atoms with Crippen LogP contribution in [-0.4, -0.2) is 26.8 Å². The summed E-state index contributed by atoms with van der Waals surface area (Å²) in [7, 11) is 1.73. The van der Waals surface area contributed by atoms with E-state index in [9.17, 15) is 0 Å². The quantitative estimate of drug-likeness (QED) is 0.764. The molecule has 2 nitrogen and oxygen atoms in total. The molecule has 0 aromatic heterocycles. The number of benzene rings is 1. The van der Waals surface area contributed by atoms with Gasteiger partial charge in [-0.05, 0) is 30.0 Å². The third kappa shape index (κ3) is 5.89. The first-order valence-electron chi connectivity index (χ1n) is 6.71. The van der Waals surface area contributed by atoms with Crippen LogP contribution in [0.15, 0.2) is 28.2 Å². The van der Waals surface area contributed by atoms with Gasteiger partial charge in [-0.15, -0.1) is 0 Å². The minimum Gasteiger partial charge on any atom is -0.383 e. The highest BCUT2D eigenvalue weighted by atomic mass is 79.9. The van der Waals surface area contributed by atoms with Crippen molar-refractivity contribution in [2.24, 2.45) is 5.92 Å². The van der Waals surface area contributed by atoms with Crippen molar-refractivity contribution >= 4 is 22.0 Å². The molecule has 0 aliphatic carbocycles. The van der Waals surface area contributed by atoms with E-state index in [1.165, 1.54) is 16.7 Å². The average molecular weight is 326 g/mol. The van der Waals surface area contributed by atoms with Gasteiger partial charge < -0.3 is 10.1 Å². The Morgan fingerprint density at radius 3 is 2.74 bits per heavy atom. The lowest BCUT2D eigenvalue weighted by molar-refractivity contribution is 0.200. The number of hydrogen-bond donors (Lipinski definition) is 1. The van der Waals surface area contributed by atoms with Crippen molar-refractivity contribution < 1.29 is 4.74 Å². The molecule has 1 aromatic rings. The second kappa shape index (κ2) is 8.51. The largest absolute Gasteiger partial charge is 0.383 e. The van der Waals surface area contributed by atoms with Gasteiger partial charge in [0.25, 0.3) is 0 Å². The normalized spacial score (nSPS) is 12.2. The van der Waals surface area contributed by atoms with Crippen LogP contribution in [0.5, 0.6) is 0 Å². The molecule has 0 unspecified atom stereocenters. The molecule has 0 radical (unpaired) electrons. The Morgan fingerprint density at radius 1 is 1.42 bits per heavy atom. The molecule has 0 aliphatic rings. The lowest BCUT2D eigenvalue weighted by atomic mass is 10.00. The van der Waals surface area contributed by atoms with Crippen LogP contribution >= 0.6 is 15.9 Å². The number of aryl methyl sites for hydroxylation is 1. The Hall–Kier alpha value is -0.640. The summed E-state index contributed by atoms with van der Waals surface area (Å²) < 4.78 is 6.21. The maximum atomic E-state index is 5.04. The minimum atomic E-state index is 0.537. The van der Waals surface area contributed by atoms with Gasteiger partial charge in [0.1, 0.15) is 0 Å². The zero-order valence-corrected chi connectivity index (χ0v) is 13.9. The Balaban J connectivity index is 2.73. The molecule has 1 aromatic carbocycles. The molecule has 0 aliphatic heterocycles. The summed E-state index contributed by atoms with van der Waals surface area (Å²) in [6.45, 7) is 9.11. The van der Waals surface area contributed by atoms with Crippen LogP contribution in [0.4, 0.5) is 0 Å². The van der Waals surface area contributed by atoms with Crippen LogP contribution in [0.1, 0.15) is 25.0 Å². The van der Waals surface area contributed by atoms with Gasteiger partial charge in [0.2, 0.25) is 0 Å². The number of ether oxygens (including phenoxy) is 1. The summed E-state index contributed by atoms with van der Waals surface area (Å²) in [5.74, 6) is 0.537. The predicted molar refractivity (Wildman–Crippen MR) is 86.4 cm³/mol. The van der Waals surface area contributed by atoms with Crippen LogP contribution < -0.4 is 5.32 Å². The topological polar surface area (TPSA) is 21.3 Å². The molecule has 0 fully saturated rings. The lowest BCUT2D eigenvalue weighted by Crippen LogP contribution is -2.23. The van der Waals surface area contributed by atoms with Crippen LogP contribution in [0.3, 0.4) is 0 Å². The van der Waals surface area contributed by atoms with Crippen LogP contribution in [0, 0.1) is 12.8 Å². The van der Waals surface area contributed by atoms with Gasteiger partial charge in [-0.1, -0.05) is 53.6 Å². The lowest BCUT2D eigenvalue weighted by Gasteiger charge is -2.13. The number of rotatable bonds is 7. The first kappa shape index (κ1) is 16.4. The van der Waals surface area contributed by atoms with Gasteiger partial charge in [-0.25, -0.2) is 0 Å². The molecule has 0 amide bonds. The monoisotopic (exact) mass is 325 g/mol. The number of halogens is 1. The van der Waals surface area contributed by atoms with Crippen LogP contribution in [0.2, 0.25) is 0 Å². The molecule has 106 valence electrons. The van der Waals surface area contributed by atoms with Crippen LogP contribution in [0.25, 0.3) is 6.08 Å². The van der Waals surface area contributed by atoms with Gasteiger partial charge in [0.05, 0.1) is 6.61 Å². The molecule has 1 rings (SSSR count). The summed E-state index contributed by atoms with van der Waals surface area (Å²) >= 11 is 3.58. The Bertz CT molecular complexity index is 427. The molecule has 0 bridgehead atoms. The van der Waals surface area contributed by atoms with E-state index in [2.05, 4.69) is 66.3 Å². The highest BCUT2D eigenvalue weighted by Crippen LogP contribution is 2.21. The van der Waals surface area contributed by atoms with Gasteiger partial charge in [0, 0.05) is 24.7 Å². The molecular weight excluding hydrogens is 302 g/mol. The highest BCUT2D eigenvalue weighted by Gasteiger charge is 2.04. The zero-order chi connectivity index (χ0) is 14.3. The zero-order valence-electron chi connectivity index (χ0n) is 12.3. The third-order valence-corrected chi connectivity index (χ3v) is 3.96. The standard InChI is InChI=1S/C16H24BrNO/c1-12(2)15(11-18-7-8-19-4)9-14-6-5-13(3)16(17)10-14/h5-6,9-10,12,18H,7-8,11H2,1-4H3/b15-9-. The predicted octanol–water partition coefficient (Wildman–Crippen LogP) is 4.03. The van der Waals surface area contributed by atoms with E-state index in [1.54, 1.807) is 7.11 Å². The summed E-state index contributed by atoms with van der Waals surface area (Å²) in [5.41, 5.74) is 3.92. The molecule has 0 heterocycles. The van der Waals surface area contributed by atoms with Gasteiger partial charge in [-0.3, -0.25) is 0 Å². The van der Waals surface area contributed by atoms with Gasteiger partial charge in [0.15, 0.2) is 0 Å². The summed E-state index contributed by atoms with van der Waals surface area (Å²) in [4.78, 5) is 0. The third-order valence-electron chi connectivity index (χ3n) is 3.10. The molecule has 0 spiro atoms. The van der Waals surface area contributed by atoms with E-state index in [0.717, 1.165) is 24.2 Å². The molecule has 0 saturated heterocycles. The molecule has 0 saturated carbocycles. The highest BCUT2D eigenvalue weighted by molar-refractivity contribution is 9.10. The minimum absolute atomic E-state index is 0.537. The van der Waals surface area contributed by atoms with E-state index < -0.39 is 0 Å². The fourth-order valence-electron chi connectivity index (χ4n) is 1.74. The molecule has 3 heteroatoms. The second-order valence-electron chi connectivity index (χ2n) is 5.05. The van der Waals surface area contributed by atoms with E-state index in [1.807, 2.05) is 0 Å². The van der Waals surface area contributed by atoms with E-state index in [-0.39, 0.29) is 0 Å². The Kier molecular flexibility index (Phi) is 7.36.